The van der Waals surface area contributed by atoms with Gasteiger partial charge in [0.1, 0.15) is 5.82 Å². The lowest BCUT2D eigenvalue weighted by molar-refractivity contribution is -0.116. The zero-order valence-electron chi connectivity index (χ0n) is 14.6. The lowest BCUT2D eigenvalue weighted by atomic mass is 10.1. The van der Waals surface area contributed by atoms with E-state index in [2.05, 4.69) is 5.32 Å². The van der Waals surface area contributed by atoms with Gasteiger partial charge in [0.15, 0.2) is 0 Å². The molecular weight excluding hydrogens is 351 g/mol. The Hall–Kier alpha value is -2.34. The summed E-state index contributed by atoms with van der Waals surface area (Å²) in [6.45, 7) is 2.74. The second-order valence-electron chi connectivity index (χ2n) is 6.16. The van der Waals surface area contributed by atoms with E-state index in [0.717, 1.165) is 17.7 Å². The molecule has 1 aliphatic rings. The second-order valence-corrected chi connectivity index (χ2v) is 7.27. The predicted molar refractivity (Wildman–Crippen MR) is 103 cm³/mol. The zero-order chi connectivity index (χ0) is 18.5. The summed E-state index contributed by atoms with van der Waals surface area (Å²) in [6.07, 6.45) is 0.772. The number of nitrogens with zero attached hydrogens (tertiary/aromatic N) is 1. The van der Waals surface area contributed by atoms with Crippen LogP contribution in [0.1, 0.15) is 28.4 Å². The van der Waals surface area contributed by atoms with E-state index in [-0.39, 0.29) is 17.6 Å². The highest BCUT2D eigenvalue weighted by molar-refractivity contribution is 7.98. The molecule has 0 radical (unpaired) electrons. The molecular formula is C20H21FN2O2S. The predicted octanol–water partition coefficient (Wildman–Crippen LogP) is 3.40. The highest BCUT2D eigenvalue weighted by Crippen LogP contribution is 2.28. The molecule has 0 saturated heterocycles. The van der Waals surface area contributed by atoms with Crippen molar-refractivity contribution in [3.8, 4) is 0 Å². The summed E-state index contributed by atoms with van der Waals surface area (Å²) in [5.74, 6) is 1.00. The van der Waals surface area contributed by atoms with E-state index in [0.29, 0.717) is 35.7 Å². The van der Waals surface area contributed by atoms with Crippen LogP contribution in [0.2, 0.25) is 0 Å². The first kappa shape index (κ1) is 18.5. The summed E-state index contributed by atoms with van der Waals surface area (Å²) in [5.41, 5.74) is 3.21. The van der Waals surface area contributed by atoms with Crippen molar-refractivity contribution in [2.24, 2.45) is 0 Å². The van der Waals surface area contributed by atoms with Gasteiger partial charge in [-0.05, 0) is 41.8 Å². The van der Waals surface area contributed by atoms with Gasteiger partial charge in [0.25, 0.3) is 5.91 Å². The Balaban J connectivity index is 1.47. The summed E-state index contributed by atoms with van der Waals surface area (Å²) >= 11 is 1.58. The van der Waals surface area contributed by atoms with Crippen LogP contribution in [-0.4, -0.2) is 30.7 Å². The number of nitrogens with one attached hydrogen (secondary N) is 1. The molecule has 2 aromatic carbocycles. The van der Waals surface area contributed by atoms with Crippen LogP contribution in [0.5, 0.6) is 0 Å². The van der Waals surface area contributed by atoms with Crippen molar-refractivity contribution in [3.05, 3.63) is 65.0 Å². The third-order valence-corrected chi connectivity index (χ3v) is 5.37. The average Bonchev–Trinajstić information content (AvgIpc) is 3.06. The topological polar surface area (TPSA) is 49.4 Å². The molecule has 2 amide bonds. The van der Waals surface area contributed by atoms with Gasteiger partial charge in [-0.2, -0.15) is 11.8 Å². The minimum absolute atomic E-state index is 0.0211. The lowest BCUT2D eigenvalue weighted by Gasteiger charge is -2.14. The standard InChI is InChI=1S/C20H21FN2O2S/c1-14(24)23-10-8-15-12-16(6-7-19(15)23)20(25)22-9-11-26-13-17-4-2-3-5-18(17)21/h2-7,12H,8-11,13H2,1H3,(H,22,25). The average molecular weight is 372 g/mol. The molecule has 1 aliphatic heterocycles. The molecule has 0 atom stereocenters. The molecule has 1 N–H and O–H groups in total. The van der Waals surface area contributed by atoms with Crippen molar-refractivity contribution in [3.63, 3.8) is 0 Å². The molecule has 4 nitrogen and oxygen atoms in total. The quantitative estimate of drug-likeness (QED) is 0.791. The van der Waals surface area contributed by atoms with E-state index in [1.807, 2.05) is 18.2 Å². The number of fused-ring (bicyclic) bond motifs is 1. The number of anilines is 1. The smallest absolute Gasteiger partial charge is 0.251 e. The van der Waals surface area contributed by atoms with Crippen LogP contribution in [0.15, 0.2) is 42.5 Å². The van der Waals surface area contributed by atoms with Crippen LogP contribution < -0.4 is 10.2 Å². The lowest BCUT2D eigenvalue weighted by Crippen LogP contribution is -2.26. The minimum atomic E-state index is -0.193. The molecule has 136 valence electrons. The van der Waals surface area contributed by atoms with Crippen molar-refractivity contribution in [2.45, 2.75) is 19.1 Å². The Kier molecular flexibility index (Phi) is 5.93. The van der Waals surface area contributed by atoms with Crippen LogP contribution in [0.25, 0.3) is 0 Å². The van der Waals surface area contributed by atoms with Crippen molar-refractivity contribution >= 4 is 29.3 Å². The van der Waals surface area contributed by atoms with Crippen molar-refractivity contribution in [2.75, 3.05) is 23.7 Å². The second kappa shape index (κ2) is 8.36. The normalized spacial score (nSPS) is 12.8. The molecule has 0 unspecified atom stereocenters. The van der Waals surface area contributed by atoms with E-state index in [1.54, 1.807) is 41.8 Å². The molecule has 2 aromatic rings. The fourth-order valence-corrected chi connectivity index (χ4v) is 3.85. The number of halogens is 1. The fraction of sp³-hybridized carbons (Fsp3) is 0.300. The molecule has 0 aromatic heterocycles. The molecule has 3 rings (SSSR count). The zero-order valence-corrected chi connectivity index (χ0v) is 15.4. The van der Waals surface area contributed by atoms with Crippen molar-refractivity contribution < 1.29 is 14.0 Å². The highest BCUT2D eigenvalue weighted by Gasteiger charge is 2.23. The maximum Gasteiger partial charge on any atom is 0.251 e. The Morgan fingerprint density at radius 3 is 2.81 bits per heavy atom. The Labute approximate surface area is 156 Å². The van der Waals surface area contributed by atoms with Gasteiger partial charge in [0.05, 0.1) is 0 Å². The van der Waals surface area contributed by atoms with Gasteiger partial charge in [-0.25, -0.2) is 4.39 Å². The first-order valence-corrected chi connectivity index (χ1v) is 9.72. The number of carbonyl (C=O) groups excluding carboxylic acids is 2. The number of benzene rings is 2. The molecule has 26 heavy (non-hydrogen) atoms. The summed E-state index contributed by atoms with van der Waals surface area (Å²) in [5, 5.41) is 2.89. The minimum Gasteiger partial charge on any atom is -0.351 e. The summed E-state index contributed by atoms with van der Waals surface area (Å²) < 4.78 is 13.5. The summed E-state index contributed by atoms with van der Waals surface area (Å²) in [7, 11) is 0. The number of hydrogen-bond acceptors (Lipinski definition) is 3. The van der Waals surface area contributed by atoms with Crippen LogP contribution in [0.3, 0.4) is 0 Å². The molecule has 0 aliphatic carbocycles. The number of hydrogen-bond donors (Lipinski definition) is 1. The third kappa shape index (κ3) is 4.25. The van der Waals surface area contributed by atoms with E-state index in [9.17, 15) is 14.0 Å². The van der Waals surface area contributed by atoms with Crippen molar-refractivity contribution in [1.29, 1.82) is 0 Å². The number of rotatable bonds is 6. The van der Waals surface area contributed by atoms with Crippen molar-refractivity contribution in [1.82, 2.24) is 5.32 Å². The molecule has 6 heteroatoms. The third-order valence-electron chi connectivity index (χ3n) is 4.36. The number of thioether (sulfide) groups is 1. The molecule has 0 fully saturated rings. The number of carbonyl (C=O) groups is 2. The maximum atomic E-state index is 13.5. The SMILES string of the molecule is CC(=O)N1CCc2cc(C(=O)NCCSCc3ccccc3F)ccc21. The van der Waals surface area contributed by atoms with Gasteiger partial charge in [-0.3, -0.25) is 9.59 Å². The molecule has 1 heterocycles. The van der Waals surface area contributed by atoms with E-state index < -0.39 is 0 Å². The summed E-state index contributed by atoms with van der Waals surface area (Å²) in [6, 6.07) is 12.2. The van der Waals surface area contributed by atoms with Crippen LogP contribution >= 0.6 is 11.8 Å². The van der Waals surface area contributed by atoms with Gasteiger partial charge < -0.3 is 10.2 Å². The van der Waals surface area contributed by atoms with Gasteiger partial charge in [0.2, 0.25) is 5.91 Å². The van der Waals surface area contributed by atoms with Crippen LogP contribution in [-0.2, 0) is 17.0 Å². The first-order chi connectivity index (χ1) is 12.6. The maximum absolute atomic E-state index is 13.5. The number of amides is 2. The van der Waals surface area contributed by atoms with Gasteiger partial charge in [0, 0.05) is 42.8 Å². The van der Waals surface area contributed by atoms with Gasteiger partial charge >= 0.3 is 0 Å². The first-order valence-electron chi connectivity index (χ1n) is 8.56. The van der Waals surface area contributed by atoms with E-state index >= 15 is 0 Å². The monoisotopic (exact) mass is 372 g/mol. The highest BCUT2D eigenvalue weighted by atomic mass is 32.2. The largest absolute Gasteiger partial charge is 0.351 e. The molecule has 0 saturated carbocycles. The van der Waals surface area contributed by atoms with Gasteiger partial charge in [-0.1, -0.05) is 18.2 Å². The fourth-order valence-electron chi connectivity index (χ4n) is 3.01. The Morgan fingerprint density at radius 2 is 2.04 bits per heavy atom. The van der Waals surface area contributed by atoms with Crippen LogP contribution in [0, 0.1) is 5.82 Å². The molecule has 0 bridgehead atoms. The Bertz CT molecular complexity index is 825. The Morgan fingerprint density at radius 1 is 1.23 bits per heavy atom. The van der Waals surface area contributed by atoms with Gasteiger partial charge in [-0.15, -0.1) is 0 Å². The molecule has 0 spiro atoms. The van der Waals surface area contributed by atoms with E-state index in [1.165, 1.54) is 6.07 Å². The van der Waals surface area contributed by atoms with Crippen LogP contribution in [0.4, 0.5) is 10.1 Å². The van der Waals surface area contributed by atoms with E-state index in [4.69, 9.17) is 0 Å². The summed E-state index contributed by atoms with van der Waals surface area (Å²) in [4.78, 5) is 25.6.